The molecule has 0 bridgehead atoms. The van der Waals surface area contributed by atoms with Gasteiger partial charge in [0.2, 0.25) is 0 Å². The minimum absolute atomic E-state index is 0. The summed E-state index contributed by atoms with van der Waals surface area (Å²) in [7, 11) is 0. The third-order valence-corrected chi connectivity index (χ3v) is 2.51. The molecule has 0 heterocycles. The van der Waals surface area contributed by atoms with Gasteiger partial charge in [0.15, 0.2) is 5.96 Å². The van der Waals surface area contributed by atoms with E-state index in [1.54, 1.807) is 0 Å². The van der Waals surface area contributed by atoms with E-state index in [1.165, 1.54) is 11.1 Å². The van der Waals surface area contributed by atoms with E-state index < -0.39 is 0 Å². The second kappa shape index (κ2) is 6.83. The molecule has 0 saturated heterocycles. The van der Waals surface area contributed by atoms with Gasteiger partial charge in [-0.2, -0.15) is 0 Å². The highest BCUT2D eigenvalue weighted by Gasteiger charge is 2.12. The summed E-state index contributed by atoms with van der Waals surface area (Å²) in [6.45, 7) is 7.28. The summed E-state index contributed by atoms with van der Waals surface area (Å²) in [4.78, 5) is 3.96. The van der Waals surface area contributed by atoms with Crippen molar-refractivity contribution in [2.45, 2.75) is 32.6 Å². The molecule has 0 spiro atoms. The summed E-state index contributed by atoms with van der Waals surface area (Å²) >= 11 is 0. The number of aliphatic imine (C=N–C) groups is 1. The van der Waals surface area contributed by atoms with Gasteiger partial charge in [-0.3, -0.25) is 4.99 Å². The molecule has 0 fully saturated rings. The van der Waals surface area contributed by atoms with Crippen LogP contribution in [-0.2, 0) is 11.8 Å². The van der Waals surface area contributed by atoms with E-state index in [0.717, 1.165) is 6.42 Å². The molecular formula is C13H22IN3. The highest BCUT2D eigenvalue weighted by atomic mass is 127. The molecule has 0 radical (unpaired) electrons. The van der Waals surface area contributed by atoms with E-state index in [2.05, 4.69) is 50.0 Å². The summed E-state index contributed by atoms with van der Waals surface area (Å²) in [5, 5.41) is 0. The van der Waals surface area contributed by atoms with E-state index in [-0.39, 0.29) is 35.4 Å². The van der Waals surface area contributed by atoms with Gasteiger partial charge in [0.1, 0.15) is 0 Å². The Hall–Kier alpha value is -0.780. The predicted octanol–water partition coefficient (Wildman–Crippen LogP) is 2.42. The van der Waals surface area contributed by atoms with Crippen LogP contribution in [0.3, 0.4) is 0 Å². The van der Waals surface area contributed by atoms with Crippen LogP contribution >= 0.6 is 24.0 Å². The van der Waals surface area contributed by atoms with Crippen LogP contribution in [0, 0.1) is 0 Å². The van der Waals surface area contributed by atoms with Gasteiger partial charge in [-0.25, -0.2) is 0 Å². The molecule has 1 aromatic carbocycles. The van der Waals surface area contributed by atoms with Crippen LogP contribution in [0.4, 0.5) is 0 Å². The molecule has 0 aromatic heterocycles. The van der Waals surface area contributed by atoms with Crippen LogP contribution in [0.5, 0.6) is 0 Å². The van der Waals surface area contributed by atoms with Crippen molar-refractivity contribution >= 4 is 29.9 Å². The molecular weight excluding hydrogens is 325 g/mol. The van der Waals surface area contributed by atoms with Crippen molar-refractivity contribution in [2.24, 2.45) is 16.5 Å². The van der Waals surface area contributed by atoms with Crippen molar-refractivity contribution in [3.8, 4) is 0 Å². The lowest BCUT2D eigenvalue weighted by Crippen LogP contribution is -2.23. The molecule has 1 rings (SSSR count). The zero-order chi connectivity index (χ0) is 12.2. The Labute approximate surface area is 121 Å². The van der Waals surface area contributed by atoms with Crippen molar-refractivity contribution in [1.29, 1.82) is 0 Å². The molecule has 17 heavy (non-hydrogen) atoms. The van der Waals surface area contributed by atoms with Crippen LogP contribution in [0.15, 0.2) is 29.3 Å². The molecule has 0 aliphatic carbocycles. The van der Waals surface area contributed by atoms with Gasteiger partial charge in [-0.15, -0.1) is 24.0 Å². The monoisotopic (exact) mass is 347 g/mol. The van der Waals surface area contributed by atoms with E-state index in [4.69, 9.17) is 11.5 Å². The minimum Gasteiger partial charge on any atom is -0.370 e. The highest BCUT2D eigenvalue weighted by Crippen LogP contribution is 2.22. The lowest BCUT2D eigenvalue weighted by molar-refractivity contribution is 0.590. The zero-order valence-corrected chi connectivity index (χ0v) is 13.1. The Bertz CT molecular complexity index is 359. The van der Waals surface area contributed by atoms with E-state index in [0.29, 0.717) is 6.54 Å². The highest BCUT2D eigenvalue weighted by molar-refractivity contribution is 14.0. The summed E-state index contributed by atoms with van der Waals surface area (Å²) in [6.07, 6.45) is 0.877. The van der Waals surface area contributed by atoms with Crippen molar-refractivity contribution < 1.29 is 0 Å². The summed E-state index contributed by atoms with van der Waals surface area (Å²) in [5.41, 5.74) is 13.3. The summed E-state index contributed by atoms with van der Waals surface area (Å²) in [6, 6.07) is 8.63. The van der Waals surface area contributed by atoms with Gasteiger partial charge >= 0.3 is 0 Å². The maximum absolute atomic E-state index is 5.27. The van der Waals surface area contributed by atoms with E-state index in [9.17, 15) is 0 Å². The maximum atomic E-state index is 5.27. The lowest BCUT2D eigenvalue weighted by atomic mass is 9.86. The number of nitrogens with zero attached hydrogens (tertiary/aromatic N) is 1. The van der Waals surface area contributed by atoms with Gasteiger partial charge in [0.05, 0.1) is 0 Å². The summed E-state index contributed by atoms with van der Waals surface area (Å²) < 4.78 is 0. The van der Waals surface area contributed by atoms with Crippen LogP contribution < -0.4 is 11.5 Å². The van der Waals surface area contributed by atoms with Gasteiger partial charge in [-0.1, -0.05) is 45.0 Å². The lowest BCUT2D eigenvalue weighted by Gasteiger charge is -2.19. The predicted molar refractivity (Wildman–Crippen MR) is 84.9 cm³/mol. The average molecular weight is 347 g/mol. The molecule has 3 nitrogen and oxygen atoms in total. The fraction of sp³-hybridized carbons (Fsp3) is 0.462. The van der Waals surface area contributed by atoms with Crippen LogP contribution in [0.25, 0.3) is 0 Å². The zero-order valence-electron chi connectivity index (χ0n) is 10.7. The van der Waals surface area contributed by atoms with Crippen LogP contribution in [0.2, 0.25) is 0 Å². The number of nitrogens with two attached hydrogens (primary N) is 2. The number of hydrogen-bond donors (Lipinski definition) is 2. The molecule has 4 N–H and O–H groups in total. The first-order valence-electron chi connectivity index (χ1n) is 5.54. The second-order valence-electron chi connectivity index (χ2n) is 5.00. The molecule has 1 aromatic rings. The third-order valence-electron chi connectivity index (χ3n) is 2.51. The van der Waals surface area contributed by atoms with Crippen molar-refractivity contribution in [3.05, 3.63) is 35.4 Å². The van der Waals surface area contributed by atoms with Crippen LogP contribution in [-0.4, -0.2) is 12.5 Å². The molecule has 0 aliphatic heterocycles. The molecule has 0 saturated carbocycles. The van der Waals surface area contributed by atoms with Gasteiger partial charge in [0.25, 0.3) is 0 Å². The first-order chi connectivity index (χ1) is 7.39. The standard InChI is InChI=1S/C13H21N3.HI/c1-13(2,3)11-6-4-10(5-7-11)8-9-16-12(14)15;/h4-7H,8-9H2,1-3H3,(H4,14,15,16);1H. The van der Waals surface area contributed by atoms with Crippen molar-refractivity contribution in [2.75, 3.05) is 6.54 Å². The fourth-order valence-corrected chi connectivity index (χ4v) is 1.49. The molecule has 0 unspecified atom stereocenters. The average Bonchev–Trinajstić information content (AvgIpc) is 2.16. The Morgan fingerprint density at radius 1 is 1.12 bits per heavy atom. The van der Waals surface area contributed by atoms with Crippen LogP contribution in [0.1, 0.15) is 31.9 Å². The molecule has 4 heteroatoms. The quantitative estimate of drug-likeness (QED) is 0.501. The normalized spacial score (nSPS) is 10.5. The fourth-order valence-electron chi connectivity index (χ4n) is 1.49. The van der Waals surface area contributed by atoms with Crippen molar-refractivity contribution in [3.63, 3.8) is 0 Å². The first-order valence-corrected chi connectivity index (χ1v) is 5.54. The van der Waals surface area contributed by atoms with Gasteiger partial charge in [-0.05, 0) is 23.0 Å². The molecule has 96 valence electrons. The van der Waals surface area contributed by atoms with Crippen molar-refractivity contribution in [1.82, 2.24) is 0 Å². The first kappa shape index (κ1) is 16.2. The number of guanidine groups is 1. The minimum atomic E-state index is 0. The van der Waals surface area contributed by atoms with E-state index in [1.807, 2.05) is 0 Å². The Morgan fingerprint density at radius 2 is 1.65 bits per heavy atom. The van der Waals surface area contributed by atoms with Gasteiger partial charge < -0.3 is 11.5 Å². The van der Waals surface area contributed by atoms with E-state index >= 15 is 0 Å². The smallest absolute Gasteiger partial charge is 0.185 e. The number of rotatable bonds is 3. The Kier molecular flexibility index (Phi) is 6.52. The number of hydrogen-bond acceptors (Lipinski definition) is 1. The Morgan fingerprint density at radius 3 is 2.06 bits per heavy atom. The second-order valence-corrected chi connectivity index (χ2v) is 5.00. The molecule has 0 aliphatic rings. The topological polar surface area (TPSA) is 64.4 Å². The maximum Gasteiger partial charge on any atom is 0.185 e. The largest absolute Gasteiger partial charge is 0.370 e. The summed E-state index contributed by atoms with van der Waals surface area (Å²) in [5.74, 6) is 0.159. The SMILES string of the molecule is CC(C)(C)c1ccc(CCN=C(N)N)cc1.I. The Balaban J connectivity index is 0.00000256. The number of halogens is 1. The van der Waals surface area contributed by atoms with Gasteiger partial charge in [0, 0.05) is 6.54 Å². The molecule has 0 amide bonds. The third kappa shape index (κ3) is 5.91. The molecule has 0 atom stereocenters. The number of benzene rings is 1.